The van der Waals surface area contributed by atoms with Crippen LogP contribution in [0.5, 0.6) is 0 Å². The molecule has 0 aliphatic heterocycles. The predicted octanol–water partition coefficient (Wildman–Crippen LogP) is 4.06. The Morgan fingerprint density at radius 1 is 0.917 bits per heavy atom. The van der Waals surface area contributed by atoms with Crippen LogP contribution in [0.3, 0.4) is 0 Å². The van der Waals surface area contributed by atoms with Gasteiger partial charge in [0.05, 0.1) is 8.07 Å². The van der Waals surface area contributed by atoms with Gasteiger partial charge in [-0.2, -0.15) is 13.2 Å². The van der Waals surface area contributed by atoms with Crippen molar-refractivity contribution >= 4 is 8.07 Å². The maximum absolute atomic E-state index is 12.1. The fourth-order valence-corrected chi connectivity index (χ4v) is 4.65. The lowest BCUT2D eigenvalue weighted by molar-refractivity contribution is -0.111. The molecule has 0 radical (unpaired) electrons. The minimum Gasteiger partial charge on any atom is -0.172 e. The molecule has 0 saturated heterocycles. The molecular weight excluding hydrogens is 181 g/mol. The quantitative estimate of drug-likeness (QED) is 0.598. The van der Waals surface area contributed by atoms with Crippen molar-refractivity contribution < 1.29 is 13.2 Å². The smallest absolute Gasteiger partial charge is 0.172 e. The lowest BCUT2D eigenvalue weighted by atomic mass is 10.8. The molecule has 0 aromatic heterocycles. The molecule has 0 nitrogen and oxygen atoms in total. The normalized spacial score (nSPS) is 13.5. The molecule has 0 N–H and O–H groups in total. The average molecular weight is 198 g/mol. The maximum atomic E-state index is 12.1. The Labute approximate surface area is 73.2 Å². The van der Waals surface area contributed by atoms with E-state index in [4.69, 9.17) is 0 Å². The standard InChI is InChI=1S/C8H17F3Si/c1-4-12(5-2,6-3)7-8(9,10)11/h4-7H2,1-3H3. The molecule has 0 aromatic rings. The highest BCUT2D eigenvalue weighted by Gasteiger charge is 2.40. The van der Waals surface area contributed by atoms with E-state index in [0.717, 1.165) is 18.1 Å². The van der Waals surface area contributed by atoms with Crippen molar-refractivity contribution in [2.24, 2.45) is 0 Å². The first-order valence-electron chi connectivity index (χ1n) is 4.46. The summed E-state index contributed by atoms with van der Waals surface area (Å²) in [5, 5.41) is 0. The Morgan fingerprint density at radius 2 is 1.25 bits per heavy atom. The van der Waals surface area contributed by atoms with Gasteiger partial charge in [0.2, 0.25) is 0 Å². The zero-order chi connectivity index (χ0) is 9.83. The summed E-state index contributed by atoms with van der Waals surface area (Å²) in [5.41, 5.74) is 0. The molecule has 0 saturated carbocycles. The largest absolute Gasteiger partial charge is 0.386 e. The number of hydrogen-bond acceptors (Lipinski definition) is 0. The molecule has 0 spiro atoms. The van der Waals surface area contributed by atoms with E-state index in [1.54, 1.807) is 0 Å². The topological polar surface area (TPSA) is 0 Å². The van der Waals surface area contributed by atoms with Gasteiger partial charge in [-0.3, -0.25) is 0 Å². The maximum Gasteiger partial charge on any atom is 0.386 e. The highest BCUT2D eigenvalue weighted by molar-refractivity contribution is 6.79. The second-order valence-corrected chi connectivity index (χ2v) is 8.83. The van der Waals surface area contributed by atoms with Crippen LogP contribution in [-0.2, 0) is 0 Å². The van der Waals surface area contributed by atoms with Crippen LogP contribution in [0.2, 0.25) is 24.2 Å². The zero-order valence-electron chi connectivity index (χ0n) is 7.96. The van der Waals surface area contributed by atoms with Gasteiger partial charge in [0.25, 0.3) is 0 Å². The van der Waals surface area contributed by atoms with Gasteiger partial charge in [0.1, 0.15) is 0 Å². The summed E-state index contributed by atoms with van der Waals surface area (Å²) < 4.78 is 36.4. The van der Waals surface area contributed by atoms with E-state index in [2.05, 4.69) is 0 Å². The van der Waals surface area contributed by atoms with Gasteiger partial charge in [0.15, 0.2) is 0 Å². The molecule has 74 valence electrons. The highest BCUT2D eigenvalue weighted by Crippen LogP contribution is 2.34. The predicted molar refractivity (Wildman–Crippen MR) is 48.1 cm³/mol. The third-order valence-corrected chi connectivity index (χ3v) is 8.48. The minimum atomic E-state index is -3.95. The van der Waals surface area contributed by atoms with E-state index < -0.39 is 20.3 Å². The summed E-state index contributed by atoms with van der Waals surface area (Å²) in [6, 6.07) is 1.75. The van der Waals surface area contributed by atoms with Gasteiger partial charge in [-0.15, -0.1) is 0 Å². The molecule has 0 aliphatic rings. The van der Waals surface area contributed by atoms with E-state index >= 15 is 0 Å². The van der Waals surface area contributed by atoms with Crippen molar-refractivity contribution in [3.8, 4) is 0 Å². The molecule has 0 bridgehead atoms. The molecule has 0 unspecified atom stereocenters. The molecule has 0 amide bonds. The minimum absolute atomic E-state index is 0.497. The third-order valence-electron chi connectivity index (χ3n) is 2.83. The van der Waals surface area contributed by atoms with Gasteiger partial charge in [-0.1, -0.05) is 38.9 Å². The molecule has 0 atom stereocenters. The van der Waals surface area contributed by atoms with Crippen molar-refractivity contribution in [3.05, 3.63) is 0 Å². The Kier molecular flexibility index (Phi) is 4.30. The average Bonchev–Trinajstić information content (AvgIpc) is 1.99. The Hall–Kier alpha value is 0.00688. The molecule has 12 heavy (non-hydrogen) atoms. The van der Waals surface area contributed by atoms with E-state index in [9.17, 15) is 13.2 Å². The molecule has 0 rings (SSSR count). The zero-order valence-corrected chi connectivity index (χ0v) is 8.96. The summed E-state index contributed by atoms with van der Waals surface area (Å²) in [6.07, 6.45) is -3.95. The summed E-state index contributed by atoms with van der Waals surface area (Å²) in [7, 11) is -1.98. The Bertz CT molecular complexity index is 118. The first-order chi connectivity index (χ1) is 5.39. The fraction of sp³-hybridized carbons (Fsp3) is 1.00. The van der Waals surface area contributed by atoms with Gasteiger partial charge in [-0.05, 0) is 0 Å². The second-order valence-electron chi connectivity index (χ2n) is 3.35. The van der Waals surface area contributed by atoms with Gasteiger partial charge < -0.3 is 0 Å². The lowest BCUT2D eigenvalue weighted by Crippen LogP contribution is -2.36. The van der Waals surface area contributed by atoms with Gasteiger partial charge >= 0.3 is 6.18 Å². The van der Waals surface area contributed by atoms with Crippen LogP contribution < -0.4 is 0 Å². The summed E-state index contributed by atoms with van der Waals surface area (Å²) in [4.78, 5) is 0. The van der Waals surface area contributed by atoms with Crippen molar-refractivity contribution in [1.82, 2.24) is 0 Å². The van der Waals surface area contributed by atoms with Gasteiger partial charge in [-0.25, -0.2) is 0 Å². The van der Waals surface area contributed by atoms with E-state index in [1.165, 1.54) is 0 Å². The molecule has 0 aliphatic carbocycles. The third kappa shape index (κ3) is 3.60. The lowest BCUT2D eigenvalue weighted by Gasteiger charge is -2.28. The van der Waals surface area contributed by atoms with Crippen LogP contribution in [0.1, 0.15) is 20.8 Å². The van der Waals surface area contributed by atoms with Crippen LogP contribution >= 0.6 is 0 Å². The molecule has 4 heteroatoms. The molecule has 0 fully saturated rings. The van der Waals surface area contributed by atoms with Crippen molar-refractivity contribution in [2.45, 2.75) is 51.1 Å². The summed E-state index contributed by atoms with van der Waals surface area (Å²) >= 11 is 0. The molecule has 0 heterocycles. The van der Waals surface area contributed by atoms with E-state index in [0.29, 0.717) is 0 Å². The van der Waals surface area contributed by atoms with Gasteiger partial charge in [0, 0.05) is 6.04 Å². The Morgan fingerprint density at radius 3 is 1.33 bits per heavy atom. The Balaban J connectivity index is 4.30. The van der Waals surface area contributed by atoms with Crippen molar-refractivity contribution in [3.63, 3.8) is 0 Å². The van der Waals surface area contributed by atoms with Crippen LogP contribution in [0.25, 0.3) is 0 Å². The molecule has 0 aromatic carbocycles. The van der Waals surface area contributed by atoms with Crippen molar-refractivity contribution in [2.75, 3.05) is 0 Å². The monoisotopic (exact) mass is 198 g/mol. The number of rotatable bonds is 4. The van der Waals surface area contributed by atoms with Crippen LogP contribution in [0, 0.1) is 0 Å². The highest BCUT2D eigenvalue weighted by atomic mass is 28.3. The first kappa shape index (κ1) is 12.0. The number of alkyl halides is 3. The van der Waals surface area contributed by atoms with Crippen molar-refractivity contribution in [1.29, 1.82) is 0 Å². The van der Waals surface area contributed by atoms with E-state index in [1.807, 2.05) is 20.8 Å². The SMILES string of the molecule is CC[Si](CC)(CC)CC(F)(F)F. The molecular formula is C8H17F3Si. The van der Waals surface area contributed by atoms with Crippen LogP contribution in [0.4, 0.5) is 13.2 Å². The first-order valence-corrected chi connectivity index (χ1v) is 7.28. The van der Waals surface area contributed by atoms with Crippen LogP contribution in [-0.4, -0.2) is 14.3 Å². The number of halogens is 3. The summed E-state index contributed by atoms with van der Waals surface area (Å²) in [5.74, 6) is 0. The van der Waals surface area contributed by atoms with Crippen LogP contribution in [0.15, 0.2) is 0 Å². The fourth-order valence-electron chi connectivity index (χ4n) is 1.55. The second kappa shape index (κ2) is 4.30. The number of hydrogen-bond donors (Lipinski definition) is 0. The summed E-state index contributed by atoms with van der Waals surface area (Å²) in [6.45, 7) is 5.68. The van der Waals surface area contributed by atoms with E-state index in [-0.39, 0.29) is 0 Å².